The molecule has 0 bridgehead atoms. The third kappa shape index (κ3) is 2.67. The largest absolute Gasteiger partial charge is 0.342 e. The van der Waals surface area contributed by atoms with E-state index in [2.05, 4.69) is 9.78 Å². The molecule has 0 spiro atoms. The number of ketones is 1. The van der Waals surface area contributed by atoms with E-state index in [1.165, 1.54) is 0 Å². The van der Waals surface area contributed by atoms with Crippen molar-refractivity contribution in [2.75, 3.05) is 0 Å². The van der Waals surface area contributed by atoms with Crippen LogP contribution in [-0.2, 0) is 19.4 Å². The maximum absolute atomic E-state index is 10.9. The minimum absolute atomic E-state index is 0.0501. The summed E-state index contributed by atoms with van der Waals surface area (Å²) in [6, 6.07) is 0. The van der Waals surface area contributed by atoms with Crippen LogP contribution in [0.2, 0.25) is 0 Å². The average Bonchev–Trinajstić information content (AvgIpc) is 1.95. The third-order valence-corrected chi connectivity index (χ3v) is 1.43. The van der Waals surface area contributed by atoms with Crippen molar-refractivity contribution in [3.63, 3.8) is 0 Å². The van der Waals surface area contributed by atoms with Gasteiger partial charge in [-0.05, 0) is 6.92 Å². The van der Waals surface area contributed by atoms with Crippen molar-refractivity contribution in [1.82, 2.24) is 0 Å². The van der Waals surface area contributed by atoms with E-state index in [0.717, 1.165) is 0 Å². The van der Waals surface area contributed by atoms with E-state index < -0.39 is 5.97 Å². The predicted molar refractivity (Wildman–Crippen MR) is 35.5 cm³/mol. The van der Waals surface area contributed by atoms with E-state index in [1.807, 2.05) is 0 Å². The maximum Gasteiger partial charge on any atom is 0.342 e. The molecule has 0 aromatic carbocycles. The van der Waals surface area contributed by atoms with E-state index in [-0.39, 0.29) is 24.7 Å². The lowest BCUT2D eigenvalue weighted by atomic mass is 10.1. The fourth-order valence-corrected chi connectivity index (χ4v) is 0.876. The molecule has 0 aromatic rings. The fraction of sp³-hybridized carbons (Fsp3) is 0.714. The first-order chi connectivity index (χ1) is 5.18. The molecule has 1 rings (SSSR count). The lowest BCUT2D eigenvalue weighted by molar-refractivity contribution is -0.296. The normalized spacial score (nSPS) is 27.2. The molecule has 1 heterocycles. The van der Waals surface area contributed by atoms with Crippen LogP contribution < -0.4 is 0 Å². The van der Waals surface area contributed by atoms with Gasteiger partial charge in [-0.1, -0.05) is 0 Å². The summed E-state index contributed by atoms with van der Waals surface area (Å²) in [5, 5.41) is 0. The van der Waals surface area contributed by atoms with Crippen molar-refractivity contribution >= 4 is 11.8 Å². The Balaban J connectivity index is 2.47. The maximum atomic E-state index is 10.9. The zero-order chi connectivity index (χ0) is 8.27. The molecular formula is C7H10O4. The van der Waals surface area contributed by atoms with Gasteiger partial charge in [0.25, 0.3) is 0 Å². The zero-order valence-corrected chi connectivity index (χ0v) is 6.33. The topological polar surface area (TPSA) is 52.6 Å². The van der Waals surface area contributed by atoms with E-state index in [1.54, 1.807) is 6.92 Å². The Morgan fingerprint density at radius 2 is 2.09 bits per heavy atom. The summed E-state index contributed by atoms with van der Waals surface area (Å²) >= 11 is 0. The van der Waals surface area contributed by atoms with Crippen molar-refractivity contribution < 1.29 is 19.4 Å². The minimum Gasteiger partial charge on any atom is -0.300 e. The standard InChI is InChI=1S/C7H10O4/c1-5-4-6(8)2-3-7(9)11-10-5/h5H,2-4H2,1H3. The Kier molecular flexibility index (Phi) is 2.59. The van der Waals surface area contributed by atoms with Gasteiger partial charge < -0.3 is 0 Å². The van der Waals surface area contributed by atoms with Crippen molar-refractivity contribution in [3.8, 4) is 0 Å². The Morgan fingerprint density at radius 1 is 1.36 bits per heavy atom. The number of hydrogen-bond donors (Lipinski definition) is 0. The quantitative estimate of drug-likeness (QED) is 0.484. The molecule has 11 heavy (non-hydrogen) atoms. The first-order valence-corrected chi connectivity index (χ1v) is 3.56. The highest BCUT2D eigenvalue weighted by atomic mass is 17.2. The van der Waals surface area contributed by atoms with Crippen LogP contribution in [0.25, 0.3) is 0 Å². The van der Waals surface area contributed by atoms with Crippen LogP contribution in [-0.4, -0.2) is 17.9 Å². The van der Waals surface area contributed by atoms with Gasteiger partial charge in [0.15, 0.2) is 0 Å². The minimum atomic E-state index is -0.468. The molecule has 0 radical (unpaired) electrons. The number of hydrogen-bond acceptors (Lipinski definition) is 4. The molecule has 1 saturated heterocycles. The van der Waals surface area contributed by atoms with E-state index in [4.69, 9.17) is 0 Å². The number of Topliss-reactive ketones (excluding diaryl/α,β-unsaturated/α-hetero) is 1. The van der Waals surface area contributed by atoms with Gasteiger partial charge in [0.05, 0.1) is 6.42 Å². The molecule has 4 heteroatoms. The average molecular weight is 158 g/mol. The van der Waals surface area contributed by atoms with Crippen LogP contribution in [0.3, 0.4) is 0 Å². The predicted octanol–water partition coefficient (Wildman–Crippen LogP) is 0.603. The van der Waals surface area contributed by atoms with Crippen LogP contribution in [0, 0.1) is 0 Å². The first-order valence-electron chi connectivity index (χ1n) is 3.56. The van der Waals surface area contributed by atoms with Crippen molar-refractivity contribution in [1.29, 1.82) is 0 Å². The molecular weight excluding hydrogens is 148 g/mol. The highest BCUT2D eigenvalue weighted by molar-refractivity contribution is 5.83. The molecule has 1 atom stereocenters. The SMILES string of the molecule is CC1CC(=O)CCC(=O)OO1. The molecule has 62 valence electrons. The second-order valence-corrected chi connectivity index (χ2v) is 2.60. The molecule has 4 nitrogen and oxygen atoms in total. The Bertz CT molecular complexity index is 175. The third-order valence-electron chi connectivity index (χ3n) is 1.43. The van der Waals surface area contributed by atoms with Gasteiger partial charge in [-0.15, -0.1) is 0 Å². The zero-order valence-electron chi connectivity index (χ0n) is 6.33. The highest BCUT2D eigenvalue weighted by Crippen LogP contribution is 2.08. The monoisotopic (exact) mass is 158 g/mol. The van der Waals surface area contributed by atoms with Crippen LogP contribution in [0.15, 0.2) is 0 Å². The fourth-order valence-electron chi connectivity index (χ4n) is 0.876. The molecule has 1 fully saturated rings. The molecule has 1 unspecified atom stereocenters. The van der Waals surface area contributed by atoms with E-state index >= 15 is 0 Å². The summed E-state index contributed by atoms with van der Waals surface area (Å²) in [4.78, 5) is 30.5. The van der Waals surface area contributed by atoms with Gasteiger partial charge in [0, 0.05) is 12.8 Å². The molecule has 0 amide bonds. The van der Waals surface area contributed by atoms with Crippen LogP contribution in [0.4, 0.5) is 0 Å². The van der Waals surface area contributed by atoms with Crippen molar-refractivity contribution in [2.45, 2.75) is 32.3 Å². The van der Waals surface area contributed by atoms with Gasteiger partial charge in [-0.2, -0.15) is 4.89 Å². The molecule has 0 aromatic heterocycles. The van der Waals surface area contributed by atoms with Crippen LogP contribution in [0.1, 0.15) is 26.2 Å². The van der Waals surface area contributed by atoms with Gasteiger partial charge in [0.1, 0.15) is 11.9 Å². The summed E-state index contributed by atoms with van der Waals surface area (Å²) in [6.07, 6.45) is 0.414. The number of carbonyl (C=O) groups is 2. The van der Waals surface area contributed by atoms with Gasteiger partial charge >= 0.3 is 5.97 Å². The molecule has 1 aliphatic heterocycles. The summed E-state index contributed by atoms with van der Waals surface area (Å²) in [7, 11) is 0. The molecule has 0 saturated carbocycles. The second-order valence-electron chi connectivity index (χ2n) is 2.60. The molecule has 1 aliphatic rings. The van der Waals surface area contributed by atoms with Gasteiger partial charge in [-0.25, -0.2) is 4.79 Å². The summed E-state index contributed by atoms with van der Waals surface area (Å²) in [6.45, 7) is 1.69. The second kappa shape index (κ2) is 3.48. The van der Waals surface area contributed by atoms with E-state index in [0.29, 0.717) is 6.42 Å². The van der Waals surface area contributed by atoms with Crippen molar-refractivity contribution in [3.05, 3.63) is 0 Å². The smallest absolute Gasteiger partial charge is 0.300 e. The van der Waals surface area contributed by atoms with Crippen LogP contribution >= 0.6 is 0 Å². The lowest BCUT2D eigenvalue weighted by Crippen LogP contribution is -2.21. The van der Waals surface area contributed by atoms with Gasteiger partial charge in [0.2, 0.25) is 0 Å². The van der Waals surface area contributed by atoms with Gasteiger partial charge in [-0.3, -0.25) is 9.68 Å². The number of rotatable bonds is 0. The summed E-state index contributed by atoms with van der Waals surface area (Å²) < 4.78 is 0. The lowest BCUT2D eigenvalue weighted by Gasteiger charge is -2.13. The van der Waals surface area contributed by atoms with Crippen LogP contribution in [0.5, 0.6) is 0 Å². The first kappa shape index (κ1) is 8.20. The van der Waals surface area contributed by atoms with E-state index in [9.17, 15) is 9.59 Å². The molecule has 0 aliphatic carbocycles. The Morgan fingerprint density at radius 3 is 2.82 bits per heavy atom. The Labute approximate surface area is 64.4 Å². The number of carbonyl (C=O) groups excluding carboxylic acids is 2. The Hall–Kier alpha value is -0.900. The molecule has 0 N–H and O–H groups in total. The summed E-state index contributed by atoms with van der Waals surface area (Å²) in [5.41, 5.74) is 0. The highest BCUT2D eigenvalue weighted by Gasteiger charge is 2.18. The van der Waals surface area contributed by atoms with Crippen molar-refractivity contribution in [2.24, 2.45) is 0 Å². The summed E-state index contributed by atoms with van der Waals surface area (Å²) in [5.74, 6) is -0.418.